The molecule has 10 nitrogen and oxygen atoms in total. The van der Waals surface area contributed by atoms with Crippen molar-refractivity contribution in [2.75, 3.05) is 12.4 Å². The number of rotatable bonds is 6. The molecule has 1 saturated carbocycles. The molecule has 41 heavy (non-hydrogen) atoms. The fourth-order valence-electron chi connectivity index (χ4n) is 5.37. The van der Waals surface area contributed by atoms with Crippen molar-refractivity contribution in [3.8, 4) is 28.7 Å². The lowest BCUT2D eigenvalue weighted by Gasteiger charge is -2.17. The Balaban J connectivity index is 1.22. The zero-order chi connectivity index (χ0) is 28.1. The molecule has 4 aromatic heterocycles. The fraction of sp³-hybridized carbons (Fsp3) is 0.357. The molecule has 0 amide bonds. The molecule has 1 fully saturated rings. The molecule has 0 saturated heterocycles. The lowest BCUT2D eigenvalue weighted by Crippen LogP contribution is -2.10. The van der Waals surface area contributed by atoms with Crippen molar-refractivity contribution in [2.24, 2.45) is 0 Å². The predicted molar refractivity (Wildman–Crippen MR) is 143 cm³/mol. The van der Waals surface area contributed by atoms with Crippen molar-refractivity contribution in [3.05, 3.63) is 65.6 Å². The number of methoxy groups -OCH3 is 1. The fourth-order valence-corrected chi connectivity index (χ4v) is 5.37. The van der Waals surface area contributed by atoms with Gasteiger partial charge in [0, 0.05) is 43.2 Å². The molecule has 0 radical (unpaired) electrons. The van der Waals surface area contributed by atoms with Gasteiger partial charge in [0.05, 0.1) is 12.8 Å². The monoisotopic (exact) mass is 561 g/mol. The van der Waals surface area contributed by atoms with Gasteiger partial charge in [0.25, 0.3) is 0 Å². The Morgan fingerprint density at radius 2 is 1.98 bits per heavy atom. The normalized spacial score (nSPS) is 15.2. The SMILES string of the molecule is COc1ncnc(C2CC2)c1-c1nc(NCc2ccc3c(c2)CCCCn2cc(C(F)(F)F)nc2-3)c2nccn2n1. The average molecular weight is 562 g/mol. The van der Waals surface area contributed by atoms with Crippen LogP contribution >= 0.6 is 0 Å². The topological polar surface area (TPSA) is 108 Å². The van der Waals surface area contributed by atoms with Crippen LogP contribution in [0.1, 0.15) is 54.1 Å². The van der Waals surface area contributed by atoms with E-state index in [0.717, 1.165) is 60.7 Å². The summed E-state index contributed by atoms with van der Waals surface area (Å²) < 4.78 is 49.0. The molecule has 5 heterocycles. The summed E-state index contributed by atoms with van der Waals surface area (Å²) in [5.74, 6) is 2.07. The summed E-state index contributed by atoms with van der Waals surface area (Å²) in [7, 11) is 1.56. The van der Waals surface area contributed by atoms with E-state index in [1.807, 2.05) is 18.2 Å². The molecule has 1 aliphatic heterocycles. The number of fused-ring (bicyclic) bond motifs is 4. The minimum atomic E-state index is -4.48. The Hall–Kier alpha value is -4.55. The third-order valence-electron chi connectivity index (χ3n) is 7.51. The van der Waals surface area contributed by atoms with Gasteiger partial charge >= 0.3 is 6.18 Å². The summed E-state index contributed by atoms with van der Waals surface area (Å²) in [4.78, 5) is 22.0. The van der Waals surface area contributed by atoms with Gasteiger partial charge in [-0.1, -0.05) is 18.2 Å². The van der Waals surface area contributed by atoms with Gasteiger partial charge in [-0.05, 0) is 43.2 Å². The van der Waals surface area contributed by atoms with Crippen molar-refractivity contribution < 1.29 is 17.9 Å². The van der Waals surface area contributed by atoms with E-state index in [1.165, 1.54) is 6.33 Å². The van der Waals surface area contributed by atoms with Crippen LogP contribution in [0.25, 0.3) is 28.4 Å². The van der Waals surface area contributed by atoms with Gasteiger partial charge in [0.2, 0.25) is 5.88 Å². The maximum absolute atomic E-state index is 13.4. The Morgan fingerprint density at radius 3 is 2.78 bits per heavy atom. The molecular weight excluding hydrogens is 535 g/mol. The van der Waals surface area contributed by atoms with Crippen LogP contribution in [0, 0.1) is 0 Å². The summed E-state index contributed by atoms with van der Waals surface area (Å²) >= 11 is 0. The number of aryl methyl sites for hydroxylation is 2. The molecule has 1 N–H and O–H groups in total. The molecule has 0 spiro atoms. The summed E-state index contributed by atoms with van der Waals surface area (Å²) in [6, 6.07) is 5.80. The average Bonchev–Trinajstić information content (AvgIpc) is 3.54. The number of anilines is 1. The molecule has 210 valence electrons. The number of nitrogens with zero attached hydrogens (tertiary/aromatic N) is 8. The number of benzene rings is 1. The van der Waals surface area contributed by atoms with Gasteiger partial charge in [0.15, 0.2) is 23.0 Å². The number of nitrogens with one attached hydrogen (secondary N) is 1. The first kappa shape index (κ1) is 25.4. The molecule has 0 bridgehead atoms. The Bertz CT molecular complexity index is 1760. The van der Waals surface area contributed by atoms with Crippen LogP contribution in [0.4, 0.5) is 19.0 Å². The number of hydrogen-bond acceptors (Lipinski definition) is 8. The van der Waals surface area contributed by atoms with Gasteiger partial charge in [-0.15, -0.1) is 5.10 Å². The molecule has 2 aliphatic rings. The van der Waals surface area contributed by atoms with E-state index in [0.29, 0.717) is 53.6 Å². The zero-order valence-corrected chi connectivity index (χ0v) is 22.2. The predicted octanol–water partition coefficient (Wildman–Crippen LogP) is 5.30. The third kappa shape index (κ3) is 4.74. The molecular formula is C28H26F3N9O. The van der Waals surface area contributed by atoms with E-state index in [9.17, 15) is 13.2 Å². The highest BCUT2D eigenvalue weighted by atomic mass is 19.4. The quantitative estimate of drug-likeness (QED) is 0.298. The second-order valence-corrected chi connectivity index (χ2v) is 10.3. The zero-order valence-electron chi connectivity index (χ0n) is 22.2. The van der Waals surface area contributed by atoms with Crippen LogP contribution in [0.2, 0.25) is 0 Å². The number of alkyl halides is 3. The molecule has 5 aromatic rings. The molecule has 1 aliphatic carbocycles. The first-order chi connectivity index (χ1) is 19.9. The Labute approximate surface area is 232 Å². The van der Waals surface area contributed by atoms with Crippen molar-refractivity contribution in [1.82, 2.24) is 39.1 Å². The standard InChI is InChI=1S/C28H26F3N9O/c1-41-27-21(22(17-6-7-17)34-15-35-27)23-37-24(26-32-9-11-40(26)38-23)33-13-16-5-8-19-18(12-16)4-2-3-10-39-14-20(28(29,30)31)36-25(19)39/h5,8-9,11-12,14-15,17H,2-4,6-7,10,13H2,1H3,(H,33,37,38). The highest BCUT2D eigenvalue weighted by Crippen LogP contribution is 2.45. The minimum Gasteiger partial charge on any atom is -0.480 e. The van der Waals surface area contributed by atoms with Gasteiger partial charge < -0.3 is 14.6 Å². The molecule has 13 heteroatoms. The van der Waals surface area contributed by atoms with E-state index < -0.39 is 11.9 Å². The largest absolute Gasteiger partial charge is 0.480 e. The van der Waals surface area contributed by atoms with Crippen molar-refractivity contribution in [1.29, 1.82) is 0 Å². The van der Waals surface area contributed by atoms with E-state index in [-0.39, 0.29) is 0 Å². The lowest BCUT2D eigenvalue weighted by atomic mass is 9.97. The highest BCUT2D eigenvalue weighted by Gasteiger charge is 2.35. The van der Waals surface area contributed by atoms with Gasteiger partial charge in [-0.25, -0.2) is 29.4 Å². The second kappa shape index (κ2) is 9.82. The summed E-state index contributed by atoms with van der Waals surface area (Å²) in [5, 5.41) is 8.07. The Kier molecular flexibility index (Phi) is 6.09. The molecule has 0 atom stereocenters. The third-order valence-corrected chi connectivity index (χ3v) is 7.51. The van der Waals surface area contributed by atoms with Crippen molar-refractivity contribution >= 4 is 11.5 Å². The molecule has 0 unspecified atom stereocenters. The number of halogens is 3. The van der Waals surface area contributed by atoms with Crippen LogP contribution in [-0.4, -0.2) is 46.2 Å². The smallest absolute Gasteiger partial charge is 0.434 e. The van der Waals surface area contributed by atoms with Crippen LogP contribution < -0.4 is 10.1 Å². The van der Waals surface area contributed by atoms with E-state index in [4.69, 9.17) is 9.72 Å². The van der Waals surface area contributed by atoms with Gasteiger partial charge in [0.1, 0.15) is 17.7 Å². The maximum atomic E-state index is 13.4. The molecule has 1 aromatic carbocycles. The number of aromatic nitrogens is 8. The first-order valence-corrected chi connectivity index (χ1v) is 13.5. The minimum absolute atomic E-state index is 0.326. The van der Waals surface area contributed by atoms with Crippen LogP contribution in [0.3, 0.4) is 0 Å². The van der Waals surface area contributed by atoms with Gasteiger partial charge in [-0.3, -0.25) is 0 Å². The first-order valence-electron chi connectivity index (χ1n) is 13.5. The lowest BCUT2D eigenvalue weighted by molar-refractivity contribution is -0.140. The van der Waals surface area contributed by atoms with E-state index in [2.05, 4.69) is 30.4 Å². The van der Waals surface area contributed by atoms with E-state index in [1.54, 1.807) is 28.6 Å². The summed E-state index contributed by atoms with van der Waals surface area (Å²) in [6.07, 6.45) is 6.04. The second-order valence-electron chi connectivity index (χ2n) is 10.3. The maximum Gasteiger partial charge on any atom is 0.434 e. The number of ether oxygens (including phenoxy) is 1. The number of hydrogen-bond donors (Lipinski definition) is 1. The molecule has 7 rings (SSSR count). The Morgan fingerprint density at radius 1 is 1.10 bits per heavy atom. The van der Waals surface area contributed by atoms with E-state index >= 15 is 0 Å². The highest BCUT2D eigenvalue weighted by molar-refractivity contribution is 5.71. The summed E-state index contributed by atoms with van der Waals surface area (Å²) in [5.41, 5.74) is 3.90. The van der Waals surface area contributed by atoms with Crippen LogP contribution in [0.15, 0.2) is 43.1 Å². The van der Waals surface area contributed by atoms with Crippen LogP contribution in [-0.2, 0) is 25.7 Å². The van der Waals surface area contributed by atoms with Crippen molar-refractivity contribution in [3.63, 3.8) is 0 Å². The van der Waals surface area contributed by atoms with Crippen LogP contribution in [0.5, 0.6) is 5.88 Å². The van der Waals surface area contributed by atoms with Gasteiger partial charge in [-0.2, -0.15) is 13.2 Å². The number of imidazole rings is 2. The van der Waals surface area contributed by atoms with Crippen molar-refractivity contribution in [2.45, 2.75) is 57.3 Å². The summed E-state index contributed by atoms with van der Waals surface area (Å²) in [6.45, 7) is 0.934.